The highest BCUT2D eigenvalue weighted by Crippen LogP contribution is 2.25. The fraction of sp³-hybridized carbons (Fsp3) is 0.562. The largest absolute Gasteiger partial charge is 0.494 e. The fourth-order valence-electron chi connectivity index (χ4n) is 2.28. The van der Waals surface area contributed by atoms with Gasteiger partial charge < -0.3 is 10.1 Å². The second-order valence-corrected chi connectivity index (χ2v) is 5.39. The molecular weight excluding hydrogens is 238 g/mol. The maximum absolute atomic E-state index is 12.4. The van der Waals surface area contributed by atoms with E-state index in [9.17, 15) is 4.79 Å². The number of nitrogens with one attached hydrogen (secondary N) is 1. The Morgan fingerprint density at radius 2 is 2.05 bits per heavy atom. The minimum absolute atomic E-state index is 0.108. The Labute approximate surface area is 115 Å². The Morgan fingerprint density at radius 1 is 1.37 bits per heavy atom. The molecule has 0 spiro atoms. The number of carbonyl (C=O) groups excluding carboxylic acids is 1. The zero-order valence-electron chi connectivity index (χ0n) is 12.2. The topological polar surface area (TPSA) is 38.3 Å². The predicted octanol–water partition coefficient (Wildman–Crippen LogP) is 3.03. The van der Waals surface area contributed by atoms with E-state index in [2.05, 4.69) is 5.32 Å². The first kappa shape index (κ1) is 14.1. The number of rotatable bonds is 6. The maximum Gasteiger partial charge on any atom is 0.179 e. The summed E-state index contributed by atoms with van der Waals surface area (Å²) in [6.45, 7) is 8.52. The average Bonchev–Trinajstić information content (AvgIpc) is 3.16. The van der Waals surface area contributed by atoms with E-state index in [1.165, 1.54) is 12.8 Å². The number of ketones is 1. The van der Waals surface area contributed by atoms with Gasteiger partial charge in [-0.15, -0.1) is 0 Å². The summed E-state index contributed by atoms with van der Waals surface area (Å²) in [4.78, 5) is 12.4. The second kappa shape index (κ2) is 5.74. The molecule has 0 radical (unpaired) electrons. The quantitative estimate of drug-likeness (QED) is 0.800. The predicted molar refractivity (Wildman–Crippen MR) is 77.0 cm³/mol. The minimum Gasteiger partial charge on any atom is -0.494 e. The van der Waals surface area contributed by atoms with Crippen LogP contribution in [0.2, 0.25) is 0 Å². The summed E-state index contributed by atoms with van der Waals surface area (Å²) in [7, 11) is 0. The van der Waals surface area contributed by atoms with Gasteiger partial charge in [0.25, 0.3) is 0 Å². The molecule has 0 heterocycles. The number of ether oxygens (including phenoxy) is 1. The summed E-state index contributed by atoms with van der Waals surface area (Å²) in [5.41, 5.74) is 2.82. The van der Waals surface area contributed by atoms with E-state index in [1.54, 1.807) is 0 Å². The summed E-state index contributed by atoms with van der Waals surface area (Å²) in [5.74, 6) is 1.05. The Bertz CT molecular complexity index is 478. The van der Waals surface area contributed by atoms with Gasteiger partial charge in [0, 0.05) is 11.6 Å². The highest BCUT2D eigenvalue weighted by Gasteiger charge is 2.27. The van der Waals surface area contributed by atoms with E-state index < -0.39 is 0 Å². The van der Waals surface area contributed by atoms with Gasteiger partial charge in [-0.05, 0) is 63.8 Å². The fourth-order valence-corrected chi connectivity index (χ4v) is 2.28. The summed E-state index contributed by atoms with van der Waals surface area (Å²) in [5, 5.41) is 3.36. The first-order chi connectivity index (χ1) is 9.02. The molecule has 1 N–H and O–H groups in total. The Morgan fingerprint density at radius 3 is 2.63 bits per heavy atom. The monoisotopic (exact) mass is 261 g/mol. The van der Waals surface area contributed by atoms with Crippen LogP contribution < -0.4 is 10.1 Å². The van der Waals surface area contributed by atoms with Crippen molar-refractivity contribution in [1.82, 2.24) is 5.32 Å². The zero-order chi connectivity index (χ0) is 14.0. The Kier molecular flexibility index (Phi) is 4.25. The van der Waals surface area contributed by atoms with Gasteiger partial charge in [0.05, 0.1) is 12.6 Å². The number of benzene rings is 1. The van der Waals surface area contributed by atoms with Crippen LogP contribution in [0.15, 0.2) is 12.1 Å². The van der Waals surface area contributed by atoms with Gasteiger partial charge >= 0.3 is 0 Å². The molecule has 0 amide bonds. The van der Waals surface area contributed by atoms with E-state index in [0.29, 0.717) is 12.6 Å². The highest BCUT2D eigenvalue weighted by molar-refractivity contribution is 6.01. The van der Waals surface area contributed by atoms with Crippen LogP contribution in [0.25, 0.3) is 0 Å². The van der Waals surface area contributed by atoms with Crippen LogP contribution in [-0.2, 0) is 0 Å². The van der Waals surface area contributed by atoms with Crippen LogP contribution in [0.4, 0.5) is 0 Å². The number of hydrogen-bond acceptors (Lipinski definition) is 3. The van der Waals surface area contributed by atoms with E-state index >= 15 is 0 Å². The van der Waals surface area contributed by atoms with Crippen molar-refractivity contribution in [3.8, 4) is 5.75 Å². The SMILES string of the molecule is CCOc1cc(C)c(C(=O)C(C)NC2CC2)cc1C. The van der Waals surface area contributed by atoms with Crippen LogP contribution in [0.3, 0.4) is 0 Å². The Balaban J connectivity index is 2.18. The van der Waals surface area contributed by atoms with Gasteiger partial charge in [0.1, 0.15) is 5.75 Å². The first-order valence-electron chi connectivity index (χ1n) is 7.07. The van der Waals surface area contributed by atoms with Crippen LogP contribution >= 0.6 is 0 Å². The summed E-state index contributed by atoms with van der Waals surface area (Å²) >= 11 is 0. The molecule has 2 rings (SSSR count). The molecule has 1 atom stereocenters. The van der Waals surface area contributed by atoms with Crippen molar-refractivity contribution in [1.29, 1.82) is 0 Å². The molecule has 1 saturated carbocycles. The number of Topliss-reactive ketones (excluding diaryl/α,β-unsaturated/α-hetero) is 1. The third-order valence-electron chi connectivity index (χ3n) is 3.54. The molecule has 0 aliphatic heterocycles. The van der Waals surface area contributed by atoms with Crippen molar-refractivity contribution in [3.05, 3.63) is 28.8 Å². The Hall–Kier alpha value is -1.35. The van der Waals surface area contributed by atoms with E-state index in [4.69, 9.17) is 4.74 Å². The molecule has 0 saturated heterocycles. The van der Waals surface area contributed by atoms with Gasteiger partial charge in [-0.1, -0.05) is 0 Å². The zero-order valence-corrected chi connectivity index (χ0v) is 12.2. The van der Waals surface area contributed by atoms with Gasteiger partial charge in [-0.25, -0.2) is 0 Å². The number of carbonyl (C=O) groups is 1. The third kappa shape index (κ3) is 3.35. The molecule has 1 aromatic carbocycles. The lowest BCUT2D eigenvalue weighted by atomic mass is 9.97. The standard InChI is InChI=1S/C16H23NO2/c1-5-19-15-9-10(2)14(8-11(15)3)16(18)12(4)17-13-6-7-13/h8-9,12-13,17H,5-7H2,1-4H3. The van der Waals surface area contributed by atoms with Crippen molar-refractivity contribution >= 4 is 5.78 Å². The molecule has 1 unspecified atom stereocenters. The van der Waals surface area contributed by atoms with Crippen molar-refractivity contribution in [2.75, 3.05) is 6.61 Å². The minimum atomic E-state index is -0.108. The lowest BCUT2D eigenvalue weighted by Crippen LogP contribution is -2.35. The van der Waals surface area contributed by atoms with E-state index in [0.717, 1.165) is 22.4 Å². The van der Waals surface area contributed by atoms with Gasteiger partial charge in [0.2, 0.25) is 0 Å². The molecule has 104 valence electrons. The summed E-state index contributed by atoms with van der Waals surface area (Å²) in [6, 6.07) is 4.36. The third-order valence-corrected chi connectivity index (χ3v) is 3.54. The van der Waals surface area contributed by atoms with E-state index in [1.807, 2.05) is 39.8 Å². The normalized spacial score (nSPS) is 16.2. The molecule has 3 heteroatoms. The highest BCUT2D eigenvalue weighted by atomic mass is 16.5. The lowest BCUT2D eigenvalue weighted by Gasteiger charge is -2.16. The number of hydrogen-bond donors (Lipinski definition) is 1. The van der Waals surface area contributed by atoms with Crippen molar-refractivity contribution < 1.29 is 9.53 Å². The second-order valence-electron chi connectivity index (χ2n) is 5.39. The molecular formula is C16H23NO2. The maximum atomic E-state index is 12.4. The summed E-state index contributed by atoms with van der Waals surface area (Å²) in [6.07, 6.45) is 2.39. The molecule has 1 aromatic rings. The molecule has 1 aliphatic carbocycles. The molecule has 0 aromatic heterocycles. The van der Waals surface area contributed by atoms with Crippen molar-refractivity contribution in [2.45, 2.75) is 52.6 Å². The van der Waals surface area contributed by atoms with Crippen molar-refractivity contribution in [3.63, 3.8) is 0 Å². The molecule has 19 heavy (non-hydrogen) atoms. The van der Waals surface area contributed by atoms with Gasteiger partial charge in [-0.3, -0.25) is 4.79 Å². The molecule has 3 nitrogen and oxygen atoms in total. The smallest absolute Gasteiger partial charge is 0.179 e. The van der Waals surface area contributed by atoms with Crippen LogP contribution in [0.5, 0.6) is 5.75 Å². The molecule has 1 aliphatic rings. The average molecular weight is 261 g/mol. The van der Waals surface area contributed by atoms with Crippen LogP contribution in [0, 0.1) is 13.8 Å². The van der Waals surface area contributed by atoms with Gasteiger partial charge in [0.15, 0.2) is 5.78 Å². The summed E-state index contributed by atoms with van der Waals surface area (Å²) < 4.78 is 5.56. The number of aryl methyl sites for hydroxylation is 2. The van der Waals surface area contributed by atoms with Gasteiger partial charge in [-0.2, -0.15) is 0 Å². The van der Waals surface area contributed by atoms with Crippen LogP contribution in [0.1, 0.15) is 48.2 Å². The first-order valence-corrected chi connectivity index (χ1v) is 7.07. The van der Waals surface area contributed by atoms with E-state index in [-0.39, 0.29) is 11.8 Å². The lowest BCUT2D eigenvalue weighted by molar-refractivity contribution is 0.0949. The van der Waals surface area contributed by atoms with Crippen molar-refractivity contribution in [2.24, 2.45) is 0 Å². The molecule has 0 bridgehead atoms. The molecule has 1 fully saturated rings. The van der Waals surface area contributed by atoms with Crippen LogP contribution in [-0.4, -0.2) is 24.5 Å².